The topological polar surface area (TPSA) is 107 Å². The van der Waals surface area contributed by atoms with E-state index in [1.54, 1.807) is 30.3 Å². The van der Waals surface area contributed by atoms with Crippen LogP contribution in [0.3, 0.4) is 0 Å². The molecule has 8 nitrogen and oxygen atoms in total. The second-order valence-corrected chi connectivity index (χ2v) is 9.89. The third-order valence-electron chi connectivity index (χ3n) is 6.08. The van der Waals surface area contributed by atoms with E-state index in [2.05, 4.69) is 10.1 Å². The Morgan fingerprint density at radius 2 is 1.64 bits per heavy atom. The van der Waals surface area contributed by atoms with Crippen LogP contribution in [0.1, 0.15) is 43.0 Å². The molecule has 1 aliphatic heterocycles. The fourth-order valence-corrected chi connectivity index (χ4v) is 5.34. The summed E-state index contributed by atoms with van der Waals surface area (Å²) in [4.78, 5) is 29.1. The van der Waals surface area contributed by atoms with E-state index < -0.39 is 46.0 Å². The number of primary amides is 1. The van der Waals surface area contributed by atoms with Gasteiger partial charge in [-0.1, -0.05) is 30.0 Å². The van der Waals surface area contributed by atoms with Gasteiger partial charge in [-0.3, -0.25) is 9.59 Å². The molecule has 214 valence electrons. The van der Waals surface area contributed by atoms with Gasteiger partial charge in [0, 0.05) is 23.3 Å². The van der Waals surface area contributed by atoms with Crippen molar-refractivity contribution in [3.63, 3.8) is 0 Å². The summed E-state index contributed by atoms with van der Waals surface area (Å²) in [5, 5.41) is 4.38. The molecule has 13 heteroatoms. The first kappa shape index (κ1) is 28.6. The highest BCUT2D eigenvalue weighted by molar-refractivity contribution is 8.14. The summed E-state index contributed by atoms with van der Waals surface area (Å²) in [6, 6.07) is 15.6. The van der Waals surface area contributed by atoms with Crippen LogP contribution in [-0.4, -0.2) is 34.0 Å². The van der Waals surface area contributed by atoms with E-state index in [-0.39, 0.29) is 28.8 Å². The van der Waals surface area contributed by atoms with Crippen LogP contribution in [0.4, 0.5) is 17.6 Å². The average Bonchev–Trinajstić information content (AvgIpc) is 3.41. The van der Waals surface area contributed by atoms with Gasteiger partial charge in [0.15, 0.2) is 11.5 Å². The molecule has 3 aromatic carbocycles. The van der Waals surface area contributed by atoms with Gasteiger partial charge >= 0.3 is 0 Å². The number of nitrogens with zero attached hydrogens (tertiary/aromatic N) is 3. The van der Waals surface area contributed by atoms with Gasteiger partial charge in [0.25, 0.3) is 11.8 Å². The van der Waals surface area contributed by atoms with Crippen LogP contribution < -0.4 is 15.2 Å². The van der Waals surface area contributed by atoms with E-state index in [0.29, 0.717) is 29.0 Å². The minimum absolute atomic E-state index is 0.0547. The lowest BCUT2D eigenvalue weighted by Crippen LogP contribution is -2.28. The molecule has 2 N–H and O–H groups in total. The zero-order valence-corrected chi connectivity index (χ0v) is 22.5. The lowest BCUT2D eigenvalue weighted by atomic mass is 10.1. The van der Waals surface area contributed by atoms with E-state index >= 15 is 0 Å². The highest BCUT2D eigenvalue weighted by Crippen LogP contribution is 2.48. The molecule has 0 saturated heterocycles. The Morgan fingerprint density at radius 3 is 2.31 bits per heavy atom. The molecule has 0 fully saturated rings. The third kappa shape index (κ3) is 5.77. The van der Waals surface area contributed by atoms with Gasteiger partial charge in [-0.15, -0.1) is 0 Å². The Balaban J connectivity index is 1.53. The molecule has 1 aromatic heterocycles. The number of benzene rings is 3. The van der Waals surface area contributed by atoms with Crippen LogP contribution in [0, 0.1) is 23.3 Å². The first-order valence-corrected chi connectivity index (χ1v) is 13.1. The van der Waals surface area contributed by atoms with Gasteiger partial charge in [0.05, 0.1) is 12.8 Å². The van der Waals surface area contributed by atoms with Gasteiger partial charge in [0.1, 0.15) is 51.6 Å². The number of amides is 2. The number of hydrogen-bond acceptors (Lipinski definition) is 7. The number of ether oxygens (including phenoxy) is 2. The molecule has 0 bridgehead atoms. The normalized spacial score (nSPS) is 14.5. The SMILES string of the molecule is COc1c(OCc2cccc(C(N)=O)n2)cccc1C1SC(c2ccc(F)cc2)=NN1C(=O)c1c(F)cc(F)cc1F. The molecular weight excluding hydrogens is 576 g/mol. The molecule has 5 rings (SSSR count). The van der Waals surface area contributed by atoms with E-state index in [1.807, 2.05) is 0 Å². The number of hydrazone groups is 1. The summed E-state index contributed by atoms with van der Waals surface area (Å²) >= 11 is 1.04. The summed E-state index contributed by atoms with van der Waals surface area (Å²) < 4.78 is 68.0. The molecule has 4 aromatic rings. The maximum atomic E-state index is 14.7. The minimum atomic E-state index is -1.40. The molecule has 1 unspecified atom stereocenters. The maximum Gasteiger partial charge on any atom is 0.281 e. The van der Waals surface area contributed by atoms with Crippen molar-refractivity contribution < 1.29 is 36.6 Å². The van der Waals surface area contributed by atoms with Gasteiger partial charge in [0.2, 0.25) is 0 Å². The van der Waals surface area contributed by atoms with Crippen LogP contribution in [0.5, 0.6) is 11.5 Å². The summed E-state index contributed by atoms with van der Waals surface area (Å²) in [7, 11) is 1.37. The fourth-order valence-electron chi connectivity index (χ4n) is 4.16. The van der Waals surface area contributed by atoms with Gasteiger partial charge < -0.3 is 15.2 Å². The van der Waals surface area contributed by atoms with Crippen molar-refractivity contribution in [3.05, 3.63) is 124 Å². The van der Waals surface area contributed by atoms with Crippen molar-refractivity contribution in [2.75, 3.05) is 7.11 Å². The summed E-state index contributed by atoms with van der Waals surface area (Å²) in [6.45, 7) is -0.0787. The quantitative estimate of drug-likeness (QED) is 0.267. The molecular formula is C29H20F4N4O4S. The molecule has 42 heavy (non-hydrogen) atoms. The van der Waals surface area contributed by atoms with Crippen molar-refractivity contribution in [2.45, 2.75) is 12.0 Å². The highest BCUT2D eigenvalue weighted by Gasteiger charge is 2.39. The van der Waals surface area contributed by atoms with E-state index in [4.69, 9.17) is 15.2 Å². The van der Waals surface area contributed by atoms with Crippen LogP contribution in [0.15, 0.2) is 77.9 Å². The minimum Gasteiger partial charge on any atom is -0.492 e. The first-order chi connectivity index (χ1) is 20.2. The summed E-state index contributed by atoms with van der Waals surface area (Å²) in [6.07, 6.45) is 0. The Kier molecular flexibility index (Phi) is 8.11. The smallest absolute Gasteiger partial charge is 0.281 e. The van der Waals surface area contributed by atoms with Crippen molar-refractivity contribution in [3.8, 4) is 11.5 Å². The van der Waals surface area contributed by atoms with Crippen LogP contribution in [-0.2, 0) is 6.61 Å². The van der Waals surface area contributed by atoms with Crippen molar-refractivity contribution in [1.29, 1.82) is 0 Å². The average molecular weight is 597 g/mol. The van der Waals surface area contributed by atoms with Crippen molar-refractivity contribution in [1.82, 2.24) is 9.99 Å². The number of nitrogens with two attached hydrogens (primary N) is 1. The number of thioether (sulfide) groups is 1. The molecule has 2 heterocycles. The Hall–Kier alpha value is -4.91. The summed E-state index contributed by atoms with van der Waals surface area (Å²) in [5.74, 6) is -5.97. The Bertz CT molecular complexity index is 1700. The Morgan fingerprint density at radius 1 is 0.952 bits per heavy atom. The predicted octanol–water partition coefficient (Wildman–Crippen LogP) is 5.57. The van der Waals surface area contributed by atoms with Gasteiger partial charge in [-0.25, -0.2) is 27.6 Å². The summed E-state index contributed by atoms with van der Waals surface area (Å²) in [5.41, 5.74) is 5.53. The number of carbonyl (C=O) groups is 2. The van der Waals surface area contributed by atoms with Crippen molar-refractivity contribution >= 4 is 28.6 Å². The monoisotopic (exact) mass is 596 g/mol. The molecule has 0 aliphatic carbocycles. The zero-order valence-electron chi connectivity index (χ0n) is 21.7. The standard InChI is InChI=1S/C29H20F4N4O4S/c1-40-25-19(5-3-7-23(25)41-14-18-4-2-6-22(35-18)26(34)38)29-37(28(39)24-20(32)12-17(31)13-21(24)33)36-27(42-29)15-8-10-16(30)11-9-15/h2-13,29H,14H2,1H3,(H2,34,38). The molecule has 1 aliphatic rings. The molecule has 0 saturated carbocycles. The van der Waals surface area contributed by atoms with Crippen LogP contribution in [0.2, 0.25) is 0 Å². The van der Waals surface area contributed by atoms with E-state index in [9.17, 15) is 27.2 Å². The number of carbonyl (C=O) groups excluding carboxylic acids is 2. The number of pyridine rings is 1. The number of hydrogen-bond donors (Lipinski definition) is 1. The predicted molar refractivity (Wildman–Crippen MR) is 146 cm³/mol. The van der Waals surface area contributed by atoms with Crippen LogP contribution >= 0.6 is 11.8 Å². The fraction of sp³-hybridized carbons (Fsp3) is 0.103. The second kappa shape index (κ2) is 11.9. The lowest BCUT2D eigenvalue weighted by Gasteiger charge is -2.24. The first-order valence-electron chi connectivity index (χ1n) is 12.2. The number of aromatic nitrogens is 1. The van der Waals surface area contributed by atoms with Crippen LogP contribution in [0.25, 0.3) is 0 Å². The number of para-hydroxylation sites is 1. The highest BCUT2D eigenvalue weighted by atomic mass is 32.2. The third-order valence-corrected chi connectivity index (χ3v) is 7.30. The second-order valence-electron chi connectivity index (χ2n) is 8.82. The zero-order chi connectivity index (χ0) is 30.0. The molecule has 0 radical (unpaired) electrons. The maximum absolute atomic E-state index is 14.7. The largest absolute Gasteiger partial charge is 0.492 e. The molecule has 1 atom stereocenters. The van der Waals surface area contributed by atoms with E-state index in [1.165, 1.54) is 37.4 Å². The van der Waals surface area contributed by atoms with E-state index in [0.717, 1.165) is 16.8 Å². The van der Waals surface area contributed by atoms with Gasteiger partial charge in [-0.2, -0.15) is 5.10 Å². The lowest BCUT2D eigenvalue weighted by molar-refractivity contribution is 0.0737. The number of rotatable bonds is 8. The molecule has 0 spiro atoms. The molecule has 2 amide bonds. The number of halogens is 4. The Labute approximate surface area is 240 Å². The van der Waals surface area contributed by atoms with Gasteiger partial charge in [-0.05, 0) is 42.5 Å². The van der Waals surface area contributed by atoms with Crippen molar-refractivity contribution in [2.24, 2.45) is 10.8 Å². The number of methoxy groups -OCH3 is 1.